The molecule has 3 unspecified atom stereocenters. The largest absolute Gasteiger partial charge is 0.492 e. The van der Waals surface area contributed by atoms with Gasteiger partial charge in [-0.25, -0.2) is 0 Å². The molecule has 1 amide bonds. The van der Waals surface area contributed by atoms with Crippen molar-refractivity contribution in [2.24, 2.45) is 11.8 Å². The Morgan fingerprint density at radius 2 is 2.09 bits per heavy atom. The molecule has 2 aromatic carbocycles. The van der Waals surface area contributed by atoms with Gasteiger partial charge in [0.25, 0.3) is 0 Å². The quantitative estimate of drug-likeness (QED) is 0.415. The topological polar surface area (TPSA) is 107 Å². The van der Waals surface area contributed by atoms with Gasteiger partial charge in [-0.1, -0.05) is 11.6 Å². The summed E-state index contributed by atoms with van der Waals surface area (Å²) in [4.78, 5) is 11.8. The predicted molar refractivity (Wildman–Crippen MR) is 138 cm³/mol. The van der Waals surface area contributed by atoms with Crippen molar-refractivity contribution in [1.29, 1.82) is 5.26 Å². The van der Waals surface area contributed by atoms with E-state index in [1.54, 1.807) is 0 Å². The Bertz CT molecular complexity index is 1100. The molecule has 9 heteroatoms. The van der Waals surface area contributed by atoms with Gasteiger partial charge in [-0.2, -0.15) is 5.26 Å². The number of amides is 1. The molecule has 0 bridgehead atoms. The van der Waals surface area contributed by atoms with E-state index >= 15 is 0 Å². The van der Waals surface area contributed by atoms with Crippen LogP contribution in [-0.4, -0.2) is 38.8 Å². The first-order valence-corrected chi connectivity index (χ1v) is 12.5. The van der Waals surface area contributed by atoms with E-state index in [1.807, 2.05) is 37.3 Å². The molecule has 0 spiro atoms. The molecule has 3 atom stereocenters. The Kier molecular flexibility index (Phi) is 8.21. The molecular formula is C26H32ClN5O3. The average molecular weight is 498 g/mol. The van der Waals surface area contributed by atoms with Crippen molar-refractivity contribution in [2.45, 2.75) is 32.7 Å². The third-order valence-corrected chi connectivity index (χ3v) is 6.60. The Hall–Kier alpha value is -3.15. The van der Waals surface area contributed by atoms with Gasteiger partial charge >= 0.3 is 0 Å². The lowest BCUT2D eigenvalue weighted by molar-refractivity contribution is -0.114. The molecule has 0 aliphatic carbocycles. The number of ether oxygens (including phenoxy) is 2. The van der Waals surface area contributed by atoms with E-state index in [-0.39, 0.29) is 17.9 Å². The minimum atomic E-state index is -0.334. The second kappa shape index (κ2) is 11.5. The molecule has 1 fully saturated rings. The number of hydrogen-bond acceptors (Lipinski definition) is 7. The highest BCUT2D eigenvalue weighted by Crippen LogP contribution is 2.42. The van der Waals surface area contributed by atoms with Gasteiger partial charge in [-0.15, -0.1) is 0 Å². The summed E-state index contributed by atoms with van der Waals surface area (Å²) < 4.78 is 11.7. The Morgan fingerprint density at radius 1 is 1.23 bits per heavy atom. The van der Waals surface area contributed by atoms with Crippen LogP contribution in [0.5, 0.6) is 11.5 Å². The summed E-state index contributed by atoms with van der Waals surface area (Å²) in [7, 11) is 0. The third kappa shape index (κ3) is 6.11. The van der Waals surface area contributed by atoms with Gasteiger partial charge in [-0.05, 0) is 50.6 Å². The fourth-order valence-corrected chi connectivity index (χ4v) is 4.82. The highest BCUT2D eigenvalue weighted by molar-refractivity contribution is 6.32. The summed E-state index contributed by atoms with van der Waals surface area (Å²) in [5.74, 6) is 1.20. The van der Waals surface area contributed by atoms with Crippen molar-refractivity contribution in [3.63, 3.8) is 0 Å². The summed E-state index contributed by atoms with van der Waals surface area (Å²) in [6.45, 7) is 6.97. The number of nitrogens with one attached hydrogen (secondary N) is 4. The van der Waals surface area contributed by atoms with Gasteiger partial charge in [-0.3, -0.25) is 4.79 Å². The van der Waals surface area contributed by atoms with Gasteiger partial charge in [0, 0.05) is 48.9 Å². The van der Waals surface area contributed by atoms with Crippen molar-refractivity contribution >= 4 is 34.6 Å². The molecule has 2 heterocycles. The number of nitriles is 1. The van der Waals surface area contributed by atoms with Crippen LogP contribution in [-0.2, 0) is 4.79 Å². The summed E-state index contributed by atoms with van der Waals surface area (Å²) in [5, 5.41) is 23.4. The number of nitrogens with zero attached hydrogens (tertiary/aromatic N) is 1. The molecule has 2 aromatic rings. The van der Waals surface area contributed by atoms with Crippen molar-refractivity contribution in [1.82, 2.24) is 5.32 Å². The summed E-state index contributed by atoms with van der Waals surface area (Å²) in [6.07, 6.45) is 2.32. The van der Waals surface area contributed by atoms with Gasteiger partial charge in [0.1, 0.15) is 11.5 Å². The number of piperidine rings is 1. The zero-order valence-electron chi connectivity index (χ0n) is 20.1. The number of carbonyl (C=O) groups excluding carboxylic acids is 1. The van der Waals surface area contributed by atoms with Crippen LogP contribution in [0.4, 0.5) is 17.1 Å². The smallest absolute Gasteiger partial charge is 0.221 e. The first-order chi connectivity index (χ1) is 17.0. The van der Waals surface area contributed by atoms with Crippen LogP contribution in [0.25, 0.3) is 0 Å². The van der Waals surface area contributed by atoms with Crippen LogP contribution in [0.3, 0.4) is 0 Å². The Morgan fingerprint density at radius 3 is 2.77 bits per heavy atom. The van der Waals surface area contributed by atoms with Crippen LogP contribution in [0.2, 0.25) is 5.02 Å². The molecule has 2 aliphatic rings. The maximum absolute atomic E-state index is 11.8. The molecule has 4 rings (SSSR count). The number of hydrogen-bond donors (Lipinski definition) is 4. The first-order valence-electron chi connectivity index (χ1n) is 12.1. The van der Waals surface area contributed by atoms with Gasteiger partial charge in [0.2, 0.25) is 5.91 Å². The monoisotopic (exact) mass is 497 g/mol. The number of carbonyl (C=O) groups is 1. The van der Waals surface area contributed by atoms with E-state index < -0.39 is 0 Å². The molecule has 0 aromatic heterocycles. The Balaban J connectivity index is 1.55. The van der Waals surface area contributed by atoms with E-state index in [1.165, 1.54) is 6.92 Å². The molecule has 2 aliphatic heterocycles. The number of fused-ring (bicyclic) bond motifs is 1. The van der Waals surface area contributed by atoms with E-state index in [0.29, 0.717) is 47.9 Å². The van der Waals surface area contributed by atoms with E-state index in [4.69, 9.17) is 21.1 Å². The number of rotatable bonds is 8. The van der Waals surface area contributed by atoms with Gasteiger partial charge in [0.05, 0.1) is 42.0 Å². The molecule has 4 N–H and O–H groups in total. The maximum Gasteiger partial charge on any atom is 0.221 e. The molecule has 0 saturated carbocycles. The molecular weight excluding hydrogens is 466 g/mol. The van der Waals surface area contributed by atoms with Crippen LogP contribution < -0.4 is 30.7 Å². The van der Waals surface area contributed by atoms with Crippen molar-refractivity contribution in [2.75, 3.05) is 48.8 Å². The molecule has 35 heavy (non-hydrogen) atoms. The van der Waals surface area contributed by atoms with E-state index in [2.05, 4.69) is 27.3 Å². The molecule has 1 saturated heterocycles. The second-order valence-electron chi connectivity index (χ2n) is 8.96. The highest BCUT2D eigenvalue weighted by Gasteiger charge is 2.31. The normalized spacial score (nSPS) is 21.1. The fraction of sp³-hybridized carbons (Fsp3) is 0.462. The lowest BCUT2D eigenvalue weighted by Gasteiger charge is -2.33. The lowest BCUT2D eigenvalue weighted by Crippen LogP contribution is -2.33. The van der Waals surface area contributed by atoms with Crippen molar-refractivity contribution in [3.05, 3.63) is 40.9 Å². The number of anilines is 3. The summed E-state index contributed by atoms with van der Waals surface area (Å²) in [5.41, 5.74) is 3.09. The van der Waals surface area contributed by atoms with Crippen LogP contribution >= 0.6 is 11.6 Å². The predicted octanol–water partition coefficient (Wildman–Crippen LogP) is 4.79. The van der Waals surface area contributed by atoms with Gasteiger partial charge < -0.3 is 30.7 Å². The van der Waals surface area contributed by atoms with E-state index in [9.17, 15) is 10.1 Å². The zero-order valence-corrected chi connectivity index (χ0v) is 20.9. The third-order valence-electron chi connectivity index (χ3n) is 6.31. The van der Waals surface area contributed by atoms with Crippen molar-refractivity contribution in [3.8, 4) is 17.6 Å². The Labute approximate surface area is 211 Å². The van der Waals surface area contributed by atoms with Gasteiger partial charge in [0.15, 0.2) is 0 Å². The average Bonchev–Trinajstić information content (AvgIpc) is 2.85. The maximum atomic E-state index is 11.8. The van der Waals surface area contributed by atoms with Crippen LogP contribution in [0.15, 0.2) is 30.3 Å². The number of halogens is 1. The standard InChI is InChI=1S/C26H32ClN5O3/c1-3-34-25-11-22-20(10-23(25)31-16(2)33)26(18(12-28)14-30-22)32-19-6-7-24(21(27)9-19)35-15-17-5-4-8-29-13-17/h6-7,9-11,17-18,26,29-30,32H,3-5,8,13-15H2,1-2H3,(H,31,33). The van der Waals surface area contributed by atoms with Crippen molar-refractivity contribution < 1.29 is 14.3 Å². The molecule has 0 radical (unpaired) electrons. The van der Waals surface area contributed by atoms with Crippen LogP contribution in [0, 0.1) is 23.2 Å². The SMILES string of the molecule is CCOc1cc2c(cc1NC(C)=O)C(Nc1ccc(OCC3CCCNC3)c(Cl)c1)C(C#N)CN2. The lowest BCUT2D eigenvalue weighted by atomic mass is 9.88. The molecule has 186 valence electrons. The summed E-state index contributed by atoms with van der Waals surface area (Å²) >= 11 is 6.55. The second-order valence-corrected chi connectivity index (χ2v) is 9.36. The van der Waals surface area contributed by atoms with Crippen LogP contribution in [0.1, 0.15) is 38.3 Å². The van der Waals surface area contributed by atoms with E-state index in [0.717, 1.165) is 42.9 Å². The number of benzene rings is 2. The molecule has 8 nitrogen and oxygen atoms in total. The fourth-order valence-electron chi connectivity index (χ4n) is 4.58. The summed E-state index contributed by atoms with van der Waals surface area (Å²) in [6, 6.07) is 11.4. The minimum Gasteiger partial charge on any atom is -0.492 e. The zero-order chi connectivity index (χ0) is 24.8. The highest BCUT2D eigenvalue weighted by atomic mass is 35.5. The minimum absolute atomic E-state index is 0.192. The first kappa shape index (κ1) is 25.0.